The predicted molar refractivity (Wildman–Crippen MR) is 82.8 cm³/mol. The molecular formula is C18H17F5O2. The van der Waals surface area contributed by atoms with E-state index in [0.717, 1.165) is 12.1 Å². The zero-order chi connectivity index (χ0) is 18.6. The summed E-state index contributed by atoms with van der Waals surface area (Å²) in [6, 6.07) is 7.78. The smallest absolute Gasteiger partial charge is 0.490 e. The molecule has 2 aromatic rings. The van der Waals surface area contributed by atoms with Crippen molar-refractivity contribution < 1.29 is 31.4 Å². The molecule has 2 rings (SSSR count). The minimum atomic E-state index is -4.78. The van der Waals surface area contributed by atoms with Gasteiger partial charge in [-0.15, -0.1) is 13.2 Å². The van der Waals surface area contributed by atoms with Crippen LogP contribution in [0.3, 0.4) is 0 Å². The van der Waals surface area contributed by atoms with Gasteiger partial charge in [-0.25, -0.2) is 4.39 Å². The van der Waals surface area contributed by atoms with Gasteiger partial charge in [0.25, 0.3) is 0 Å². The summed E-state index contributed by atoms with van der Waals surface area (Å²) in [5, 5.41) is 0. The van der Waals surface area contributed by atoms with Gasteiger partial charge in [-0.2, -0.15) is 4.39 Å². The van der Waals surface area contributed by atoms with E-state index in [1.807, 2.05) is 6.92 Å². The van der Waals surface area contributed by atoms with Crippen LogP contribution in [-0.4, -0.2) is 13.0 Å². The minimum Gasteiger partial charge on any atom is -0.490 e. The van der Waals surface area contributed by atoms with Gasteiger partial charge >= 0.3 is 6.36 Å². The van der Waals surface area contributed by atoms with E-state index >= 15 is 0 Å². The van der Waals surface area contributed by atoms with Crippen LogP contribution < -0.4 is 9.47 Å². The lowest BCUT2D eigenvalue weighted by Crippen LogP contribution is -2.17. The molecule has 136 valence electrons. The van der Waals surface area contributed by atoms with Gasteiger partial charge in [0.05, 0.1) is 6.61 Å². The van der Waals surface area contributed by atoms with Crippen molar-refractivity contribution in [3.63, 3.8) is 0 Å². The third kappa shape index (κ3) is 4.84. The molecule has 0 amide bonds. The molecule has 0 N–H and O–H groups in total. The van der Waals surface area contributed by atoms with E-state index in [0.29, 0.717) is 12.0 Å². The molecule has 7 heteroatoms. The topological polar surface area (TPSA) is 18.5 Å². The van der Waals surface area contributed by atoms with Gasteiger partial charge in [-0.05, 0) is 35.7 Å². The number of hydrogen-bond acceptors (Lipinski definition) is 2. The van der Waals surface area contributed by atoms with Crippen molar-refractivity contribution in [2.75, 3.05) is 6.61 Å². The average Bonchev–Trinajstić information content (AvgIpc) is 2.55. The fourth-order valence-electron chi connectivity index (χ4n) is 2.34. The van der Waals surface area contributed by atoms with Crippen LogP contribution >= 0.6 is 0 Å². The first-order chi connectivity index (χ1) is 11.7. The van der Waals surface area contributed by atoms with Gasteiger partial charge in [0.15, 0.2) is 11.6 Å². The van der Waals surface area contributed by atoms with Crippen molar-refractivity contribution in [1.29, 1.82) is 0 Å². The Labute approximate surface area is 142 Å². The summed E-state index contributed by atoms with van der Waals surface area (Å²) in [4.78, 5) is 0. The predicted octanol–water partition coefficient (Wildman–Crippen LogP) is 5.80. The van der Waals surface area contributed by atoms with Gasteiger partial charge in [-0.1, -0.05) is 32.0 Å². The van der Waals surface area contributed by atoms with E-state index in [2.05, 4.69) is 4.74 Å². The number of rotatable bonds is 6. The first kappa shape index (κ1) is 19.0. The Morgan fingerprint density at radius 2 is 1.60 bits per heavy atom. The molecule has 0 aromatic heterocycles. The first-order valence-electron chi connectivity index (χ1n) is 7.69. The summed E-state index contributed by atoms with van der Waals surface area (Å²) in [5.41, 5.74) is 0.612. The zero-order valence-corrected chi connectivity index (χ0v) is 13.7. The second-order valence-corrected chi connectivity index (χ2v) is 5.47. The van der Waals surface area contributed by atoms with Crippen LogP contribution in [0.1, 0.15) is 37.3 Å². The quantitative estimate of drug-likeness (QED) is 0.606. The van der Waals surface area contributed by atoms with E-state index < -0.39 is 23.9 Å². The Morgan fingerprint density at radius 1 is 0.960 bits per heavy atom. The minimum absolute atomic E-state index is 0.0887. The van der Waals surface area contributed by atoms with Gasteiger partial charge in [-0.3, -0.25) is 0 Å². The highest BCUT2D eigenvalue weighted by Gasteiger charge is 2.31. The maximum Gasteiger partial charge on any atom is 0.573 e. The van der Waals surface area contributed by atoms with Crippen molar-refractivity contribution >= 4 is 0 Å². The molecule has 1 atom stereocenters. The highest BCUT2D eigenvalue weighted by Crippen LogP contribution is 2.32. The molecule has 0 heterocycles. The second kappa shape index (κ2) is 7.72. The number of hydrogen-bond donors (Lipinski definition) is 0. The maximum absolute atomic E-state index is 14.3. The van der Waals surface area contributed by atoms with Crippen LogP contribution in [0.2, 0.25) is 0 Å². The molecule has 0 fully saturated rings. The molecule has 2 aromatic carbocycles. The molecule has 1 unspecified atom stereocenters. The third-order valence-corrected chi connectivity index (χ3v) is 3.62. The van der Waals surface area contributed by atoms with Gasteiger partial charge < -0.3 is 9.47 Å². The molecule has 0 aliphatic rings. The van der Waals surface area contributed by atoms with Crippen molar-refractivity contribution in [3.05, 3.63) is 59.2 Å². The number of benzene rings is 2. The van der Waals surface area contributed by atoms with Crippen LogP contribution in [0.25, 0.3) is 0 Å². The van der Waals surface area contributed by atoms with Gasteiger partial charge in [0.2, 0.25) is 5.82 Å². The SMILES string of the molecule is CCCOc1ccc(C(C)c2ccc(OC(F)(F)F)cc2)c(F)c1F. The second-order valence-electron chi connectivity index (χ2n) is 5.47. The highest BCUT2D eigenvalue weighted by atomic mass is 19.4. The molecule has 2 nitrogen and oxygen atoms in total. The van der Waals surface area contributed by atoms with Crippen LogP contribution in [0.15, 0.2) is 36.4 Å². The monoisotopic (exact) mass is 360 g/mol. The molecule has 25 heavy (non-hydrogen) atoms. The highest BCUT2D eigenvalue weighted by molar-refractivity contribution is 5.39. The zero-order valence-electron chi connectivity index (χ0n) is 13.7. The van der Waals surface area contributed by atoms with Crippen LogP contribution in [0.5, 0.6) is 11.5 Å². The van der Waals surface area contributed by atoms with Crippen LogP contribution in [0.4, 0.5) is 22.0 Å². The lowest BCUT2D eigenvalue weighted by atomic mass is 9.92. The fourth-order valence-corrected chi connectivity index (χ4v) is 2.34. The summed E-state index contributed by atoms with van der Waals surface area (Å²) < 4.78 is 73.8. The van der Waals surface area contributed by atoms with Crippen molar-refractivity contribution in [2.45, 2.75) is 32.5 Å². The number of ether oxygens (including phenoxy) is 2. The van der Waals surface area contributed by atoms with E-state index in [4.69, 9.17) is 4.74 Å². The Kier molecular flexibility index (Phi) is 5.87. The Hall–Kier alpha value is -2.31. The molecule has 0 aliphatic heterocycles. The molecular weight excluding hydrogens is 343 g/mol. The van der Waals surface area contributed by atoms with Crippen molar-refractivity contribution in [3.8, 4) is 11.5 Å². The number of halogens is 5. The summed E-state index contributed by atoms with van der Waals surface area (Å²) in [5.74, 6) is -3.20. The summed E-state index contributed by atoms with van der Waals surface area (Å²) in [6.45, 7) is 3.74. The molecule has 0 bridgehead atoms. The Balaban J connectivity index is 2.22. The van der Waals surface area contributed by atoms with E-state index in [1.54, 1.807) is 6.92 Å². The standard InChI is InChI=1S/C18H17F5O2/c1-3-10-24-15-9-8-14(16(19)17(15)20)11(2)12-4-6-13(7-5-12)25-18(21,22)23/h4-9,11H,3,10H2,1-2H3. The average molecular weight is 360 g/mol. The first-order valence-corrected chi connectivity index (χ1v) is 7.69. The summed E-state index contributed by atoms with van der Waals surface area (Å²) in [7, 11) is 0. The number of alkyl halides is 3. The Bertz CT molecular complexity index is 711. The van der Waals surface area contributed by atoms with Crippen molar-refractivity contribution in [1.82, 2.24) is 0 Å². The van der Waals surface area contributed by atoms with E-state index in [-0.39, 0.29) is 23.7 Å². The molecule has 0 saturated heterocycles. The molecule has 0 saturated carbocycles. The lowest BCUT2D eigenvalue weighted by Gasteiger charge is -2.16. The maximum atomic E-state index is 14.3. The molecule has 0 radical (unpaired) electrons. The van der Waals surface area contributed by atoms with Gasteiger partial charge in [0, 0.05) is 5.92 Å². The Morgan fingerprint density at radius 3 is 2.16 bits per heavy atom. The summed E-state index contributed by atoms with van der Waals surface area (Å²) >= 11 is 0. The third-order valence-electron chi connectivity index (χ3n) is 3.62. The normalized spacial score (nSPS) is 12.8. The largest absolute Gasteiger partial charge is 0.573 e. The van der Waals surface area contributed by atoms with Crippen molar-refractivity contribution in [2.24, 2.45) is 0 Å². The van der Waals surface area contributed by atoms with E-state index in [1.165, 1.54) is 24.3 Å². The fraction of sp³-hybridized carbons (Fsp3) is 0.333. The van der Waals surface area contributed by atoms with Crippen LogP contribution in [-0.2, 0) is 0 Å². The lowest BCUT2D eigenvalue weighted by molar-refractivity contribution is -0.274. The summed E-state index contributed by atoms with van der Waals surface area (Å²) in [6.07, 6.45) is -4.12. The molecule has 0 spiro atoms. The van der Waals surface area contributed by atoms with E-state index in [9.17, 15) is 22.0 Å². The van der Waals surface area contributed by atoms with Gasteiger partial charge in [0.1, 0.15) is 5.75 Å². The molecule has 0 aliphatic carbocycles. The van der Waals surface area contributed by atoms with Crippen LogP contribution in [0, 0.1) is 11.6 Å².